The summed E-state index contributed by atoms with van der Waals surface area (Å²) in [5.41, 5.74) is 8.34. The molecule has 0 fully saturated rings. The summed E-state index contributed by atoms with van der Waals surface area (Å²) in [5.74, 6) is 0.352. The van der Waals surface area contributed by atoms with Gasteiger partial charge in [-0.2, -0.15) is 5.26 Å². The van der Waals surface area contributed by atoms with Crippen LogP contribution in [0.3, 0.4) is 0 Å². The second kappa shape index (κ2) is 6.97. The van der Waals surface area contributed by atoms with E-state index < -0.39 is 11.9 Å². The van der Waals surface area contributed by atoms with Gasteiger partial charge in [-0.25, -0.2) is 4.79 Å². The predicted octanol–water partition coefficient (Wildman–Crippen LogP) is 4.03. The Bertz CT molecular complexity index is 1120. The summed E-state index contributed by atoms with van der Waals surface area (Å²) in [6, 6.07) is 17.7. The normalized spacial score (nSPS) is 15.4. The second-order valence-corrected chi connectivity index (χ2v) is 6.40. The number of nitrogens with two attached hydrogens (primary N) is 1. The molecule has 2 N–H and O–H groups in total. The molecule has 28 heavy (non-hydrogen) atoms. The highest BCUT2D eigenvalue weighted by Crippen LogP contribution is 2.43. The number of nitriles is 1. The minimum Gasteiger partial charge on any atom is -0.468 e. The van der Waals surface area contributed by atoms with Gasteiger partial charge in [0.05, 0.1) is 17.7 Å². The molecule has 1 atom stereocenters. The van der Waals surface area contributed by atoms with Crippen molar-refractivity contribution in [3.63, 3.8) is 0 Å². The molecular weight excluding hydrogens is 356 g/mol. The van der Waals surface area contributed by atoms with Crippen molar-refractivity contribution in [2.45, 2.75) is 12.8 Å². The van der Waals surface area contributed by atoms with Gasteiger partial charge in [-0.3, -0.25) is 0 Å². The van der Waals surface area contributed by atoms with Crippen LogP contribution >= 0.6 is 0 Å². The Kier molecular flexibility index (Phi) is 4.34. The molecule has 0 saturated heterocycles. The molecule has 1 aromatic heterocycles. The van der Waals surface area contributed by atoms with E-state index in [1.807, 2.05) is 13.0 Å². The number of benzene rings is 2. The van der Waals surface area contributed by atoms with E-state index in [2.05, 4.69) is 6.07 Å². The number of furan rings is 1. The summed E-state index contributed by atoms with van der Waals surface area (Å²) in [5, 5.41) is 9.50. The maximum absolute atomic E-state index is 12.4. The van der Waals surface area contributed by atoms with E-state index in [0.717, 1.165) is 5.56 Å². The summed E-state index contributed by atoms with van der Waals surface area (Å²) < 4.78 is 16.6. The van der Waals surface area contributed by atoms with Crippen LogP contribution in [0.25, 0.3) is 0 Å². The second-order valence-electron chi connectivity index (χ2n) is 6.40. The minimum atomic E-state index is -0.481. The predicted molar refractivity (Wildman–Crippen MR) is 101 cm³/mol. The molecule has 0 bridgehead atoms. The number of allylic oxidation sites excluding steroid dienone is 1. The van der Waals surface area contributed by atoms with Gasteiger partial charge >= 0.3 is 5.97 Å². The summed E-state index contributed by atoms with van der Waals surface area (Å²) in [7, 11) is 0. The van der Waals surface area contributed by atoms with Crippen molar-refractivity contribution < 1.29 is 18.7 Å². The molecule has 1 unspecified atom stereocenters. The van der Waals surface area contributed by atoms with Gasteiger partial charge in [-0.1, -0.05) is 23.8 Å². The number of fused-ring (bicyclic) bond motifs is 1. The quantitative estimate of drug-likeness (QED) is 0.551. The monoisotopic (exact) mass is 372 g/mol. The number of carbonyl (C=O) groups excluding carboxylic acids is 1. The average molecular weight is 372 g/mol. The lowest BCUT2D eigenvalue weighted by Crippen LogP contribution is -2.21. The molecule has 0 spiro atoms. The first-order chi connectivity index (χ1) is 13.6. The van der Waals surface area contributed by atoms with Crippen molar-refractivity contribution in [2.75, 3.05) is 0 Å². The van der Waals surface area contributed by atoms with Gasteiger partial charge in [-0.15, -0.1) is 0 Å². The molecule has 6 nitrogen and oxygen atoms in total. The Morgan fingerprint density at radius 2 is 2.04 bits per heavy atom. The third-order valence-electron chi connectivity index (χ3n) is 4.48. The fourth-order valence-corrected chi connectivity index (χ4v) is 3.18. The lowest BCUT2D eigenvalue weighted by atomic mass is 9.87. The zero-order chi connectivity index (χ0) is 19.7. The summed E-state index contributed by atoms with van der Waals surface area (Å²) >= 11 is 0. The van der Waals surface area contributed by atoms with E-state index in [-0.39, 0.29) is 11.5 Å². The van der Waals surface area contributed by atoms with Gasteiger partial charge < -0.3 is 19.6 Å². The number of nitrogens with zero attached hydrogens (tertiary/aromatic N) is 1. The first-order valence-corrected chi connectivity index (χ1v) is 8.60. The SMILES string of the molecule is Cc1cccc(C(=O)Oc2ccc3c(c2)OC(N)=C(C#N)C3c2ccco2)c1. The highest BCUT2D eigenvalue weighted by atomic mass is 16.5. The number of hydrogen-bond donors (Lipinski definition) is 1. The maximum atomic E-state index is 12.4. The Morgan fingerprint density at radius 3 is 2.75 bits per heavy atom. The van der Waals surface area contributed by atoms with E-state index in [1.165, 1.54) is 6.26 Å². The standard InChI is InChI=1S/C22H16N2O4/c1-13-4-2-5-14(10-13)22(25)27-15-7-8-16-19(11-15)28-21(24)17(12-23)20(16)18-6-3-9-26-18/h2-11,20H,24H2,1H3. The lowest BCUT2D eigenvalue weighted by Gasteiger charge is -2.25. The molecule has 0 amide bonds. The number of hydrogen-bond acceptors (Lipinski definition) is 6. The molecule has 6 heteroatoms. The maximum Gasteiger partial charge on any atom is 0.343 e. The topological polar surface area (TPSA) is 98.5 Å². The number of rotatable bonds is 3. The highest BCUT2D eigenvalue weighted by molar-refractivity contribution is 5.91. The van der Waals surface area contributed by atoms with E-state index in [4.69, 9.17) is 19.6 Å². The van der Waals surface area contributed by atoms with Gasteiger partial charge in [0.25, 0.3) is 0 Å². The van der Waals surface area contributed by atoms with Crippen LogP contribution in [0.5, 0.6) is 11.5 Å². The van der Waals surface area contributed by atoms with Gasteiger partial charge in [0.2, 0.25) is 5.88 Å². The first kappa shape index (κ1) is 17.4. The number of carbonyl (C=O) groups is 1. The Morgan fingerprint density at radius 1 is 1.18 bits per heavy atom. The Labute approximate surface area is 161 Å². The highest BCUT2D eigenvalue weighted by Gasteiger charge is 2.32. The van der Waals surface area contributed by atoms with E-state index in [0.29, 0.717) is 28.4 Å². The van der Waals surface area contributed by atoms with Crippen molar-refractivity contribution in [1.82, 2.24) is 0 Å². The lowest BCUT2D eigenvalue weighted by molar-refractivity contribution is 0.0734. The average Bonchev–Trinajstić information content (AvgIpc) is 3.21. The van der Waals surface area contributed by atoms with Crippen LogP contribution in [-0.4, -0.2) is 5.97 Å². The molecule has 2 aromatic carbocycles. The van der Waals surface area contributed by atoms with Crippen molar-refractivity contribution >= 4 is 5.97 Å². The van der Waals surface area contributed by atoms with Crippen molar-refractivity contribution in [1.29, 1.82) is 5.26 Å². The third-order valence-corrected chi connectivity index (χ3v) is 4.48. The molecule has 4 rings (SSSR count). The van der Waals surface area contributed by atoms with Gasteiger partial charge in [0.15, 0.2) is 0 Å². The Hall–Kier alpha value is -3.98. The van der Waals surface area contributed by atoms with E-state index >= 15 is 0 Å². The fourth-order valence-electron chi connectivity index (χ4n) is 3.18. The van der Waals surface area contributed by atoms with E-state index in [1.54, 1.807) is 48.5 Å². The zero-order valence-electron chi connectivity index (χ0n) is 15.0. The number of ether oxygens (including phenoxy) is 2. The van der Waals surface area contributed by atoms with Crippen LogP contribution in [0.15, 0.2) is 76.7 Å². The van der Waals surface area contributed by atoms with Crippen molar-refractivity contribution in [3.05, 3.63) is 94.8 Å². The molecule has 2 heterocycles. The summed E-state index contributed by atoms with van der Waals surface area (Å²) in [4.78, 5) is 12.4. The van der Waals surface area contributed by atoms with Crippen LogP contribution in [-0.2, 0) is 0 Å². The summed E-state index contributed by atoms with van der Waals surface area (Å²) in [6.07, 6.45) is 1.54. The Balaban J connectivity index is 1.67. The minimum absolute atomic E-state index is 0.00133. The van der Waals surface area contributed by atoms with Crippen LogP contribution in [0, 0.1) is 18.3 Å². The van der Waals surface area contributed by atoms with Gasteiger partial charge in [0, 0.05) is 11.6 Å². The summed E-state index contributed by atoms with van der Waals surface area (Å²) in [6.45, 7) is 1.90. The first-order valence-electron chi connectivity index (χ1n) is 8.60. The van der Waals surface area contributed by atoms with Crippen molar-refractivity contribution in [2.24, 2.45) is 5.73 Å². The zero-order valence-corrected chi connectivity index (χ0v) is 15.0. The molecular formula is C22H16N2O4. The number of esters is 1. The smallest absolute Gasteiger partial charge is 0.343 e. The molecule has 3 aromatic rings. The molecule has 0 saturated carbocycles. The molecule has 0 aliphatic carbocycles. The van der Waals surface area contributed by atoms with Crippen molar-refractivity contribution in [3.8, 4) is 17.6 Å². The van der Waals surface area contributed by atoms with E-state index in [9.17, 15) is 10.1 Å². The van der Waals surface area contributed by atoms with Crippen LogP contribution in [0.1, 0.15) is 33.2 Å². The third kappa shape index (κ3) is 3.10. The van der Waals surface area contributed by atoms with Gasteiger partial charge in [-0.05, 0) is 37.3 Å². The van der Waals surface area contributed by atoms with Crippen LogP contribution < -0.4 is 15.2 Å². The molecule has 138 valence electrons. The van der Waals surface area contributed by atoms with Gasteiger partial charge in [0.1, 0.15) is 28.9 Å². The molecule has 1 aliphatic rings. The van der Waals surface area contributed by atoms with Crippen LogP contribution in [0.4, 0.5) is 0 Å². The number of aryl methyl sites for hydroxylation is 1. The fraction of sp³-hybridized carbons (Fsp3) is 0.0909. The molecule has 0 radical (unpaired) electrons. The van der Waals surface area contributed by atoms with Crippen LogP contribution in [0.2, 0.25) is 0 Å². The molecule has 1 aliphatic heterocycles. The largest absolute Gasteiger partial charge is 0.468 e.